The number of rotatable bonds is 3. The van der Waals surface area contributed by atoms with Gasteiger partial charge >= 0.3 is 0 Å². The third-order valence-corrected chi connectivity index (χ3v) is 4.67. The molecular weight excluding hydrogens is 316 g/mol. The summed E-state index contributed by atoms with van der Waals surface area (Å²) in [6.07, 6.45) is 4.27. The number of aromatic nitrogens is 3. The number of hydrogen-bond acceptors (Lipinski definition) is 5. The molecule has 3 rings (SSSR count). The average Bonchev–Trinajstić information content (AvgIpc) is 3.12. The molecule has 0 aromatic carbocycles. The standard InChI is InChI=1S/C16H20N6O.C2H6/c1-11-5-8-22(14(23)3-6-17)9-13(11)21(2)16-12-4-7-18-15(12)19-10-20-16;1-2/h4,7,10-11,13H,3,5,8-9H2,1-2H3,(H,18,19,20);1-2H3. The fourth-order valence-electron chi connectivity index (χ4n) is 3.26. The van der Waals surface area contributed by atoms with Gasteiger partial charge in [-0.15, -0.1) is 0 Å². The number of H-pyrrole nitrogens is 1. The van der Waals surface area contributed by atoms with E-state index in [9.17, 15) is 4.79 Å². The van der Waals surface area contributed by atoms with Gasteiger partial charge in [0.2, 0.25) is 5.91 Å². The summed E-state index contributed by atoms with van der Waals surface area (Å²) in [5.74, 6) is 1.21. The Bertz CT molecular complexity index is 749. The summed E-state index contributed by atoms with van der Waals surface area (Å²) in [7, 11) is 2.01. The van der Waals surface area contributed by atoms with Crippen molar-refractivity contribution in [2.24, 2.45) is 5.92 Å². The number of amides is 1. The highest BCUT2D eigenvalue weighted by Crippen LogP contribution is 2.28. The largest absolute Gasteiger partial charge is 0.354 e. The van der Waals surface area contributed by atoms with Gasteiger partial charge in [-0.25, -0.2) is 9.97 Å². The summed E-state index contributed by atoms with van der Waals surface area (Å²) in [5, 5.41) is 9.71. The highest BCUT2D eigenvalue weighted by atomic mass is 16.2. The number of piperidine rings is 1. The van der Waals surface area contributed by atoms with E-state index in [0.717, 1.165) is 29.8 Å². The zero-order valence-electron chi connectivity index (χ0n) is 15.4. The zero-order chi connectivity index (χ0) is 18.4. The van der Waals surface area contributed by atoms with Crippen molar-refractivity contribution in [1.82, 2.24) is 19.9 Å². The van der Waals surface area contributed by atoms with Crippen molar-refractivity contribution in [3.63, 3.8) is 0 Å². The molecule has 0 saturated carbocycles. The molecule has 25 heavy (non-hydrogen) atoms. The predicted molar refractivity (Wildman–Crippen MR) is 98.0 cm³/mol. The van der Waals surface area contributed by atoms with Crippen LogP contribution in [0.15, 0.2) is 18.6 Å². The van der Waals surface area contributed by atoms with Crippen molar-refractivity contribution in [3.8, 4) is 6.07 Å². The number of fused-ring (bicyclic) bond motifs is 1. The maximum atomic E-state index is 12.0. The Morgan fingerprint density at radius 2 is 2.24 bits per heavy atom. The van der Waals surface area contributed by atoms with E-state index >= 15 is 0 Å². The maximum absolute atomic E-state index is 12.0. The first kappa shape index (κ1) is 18.7. The highest BCUT2D eigenvalue weighted by Gasteiger charge is 2.32. The smallest absolute Gasteiger partial charge is 0.236 e. The lowest BCUT2D eigenvalue weighted by molar-refractivity contribution is -0.131. The average molecular weight is 342 g/mol. The lowest BCUT2D eigenvalue weighted by Gasteiger charge is -2.42. The molecule has 1 fully saturated rings. The Morgan fingerprint density at radius 1 is 1.48 bits per heavy atom. The number of anilines is 1. The summed E-state index contributed by atoms with van der Waals surface area (Å²) >= 11 is 0. The van der Waals surface area contributed by atoms with Crippen LogP contribution in [0.4, 0.5) is 5.82 Å². The number of carbonyl (C=O) groups is 1. The van der Waals surface area contributed by atoms with Crippen LogP contribution >= 0.6 is 0 Å². The second-order valence-electron chi connectivity index (χ2n) is 6.06. The van der Waals surface area contributed by atoms with E-state index < -0.39 is 0 Å². The summed E-state index contributed by atoms with van der Waals surface area (Å²) < 4.78 is 0. The molecule has 2 aromatic heterocycles. The van der Waals surface area contributed by atoms with E-state index in [1.54, 1.807) is 11.2 Å². The van der Waals surface area contributed by atoms with Crippen LogP contribution in [0.2, 0.25) is 0 Å². The molecule has 3 heterocycles. The van der Waals surface area contributed by atoms with Crippen LogP contribution in [0.5, 0.6) is 0 Å². The number of nitriles is 1. The van der Waals surface area contributed by atoms with E-state index in [4.69, 9.17) is 5.26 Å². The molecule has 0 spiro atoms. The molecule has 1 N–H and O–H groups in total. The molecule has 2 unspecified atom stereocenters. The lowest BCUT2D eigenvalue weighted by Crippen LogP contribution is -2.52. The third kappa shape index (κ3) is 3.90. The first-order valence-electron chi connectivity index (χ1n) is 8.77. The van der Waals surface area contributed by atoms with Crippen LogP contribution in [0.25, 0.3) is 11.0 Å². The molecule has 2 atom stereocenters. The molecule has 1 saturated heterocycles. The number of nitrogens with one attached hydrogen (secondary N) is 1. The van der Waals surface area contributed by atoms with Gasteiger partial charge in [0.1, 0.15) is 24.2 Å². The van der Waals surface area contributed by atoms with E-state index in [2.05, 4.69) is 26.8 Å². The summed E-state index contributed by atoms with van der Waals surface area (Å²) in [6.45, 7) is 7.53. The second-order valence-corrected chi connectivity index (χ2v) is 6.06. The first-order chi connectivity index (χ1) is 12.1. The van der Waals surface area contributed by atoms with Gasteiger partial charge in [0.25, 0.3) is 0 Å². The molecule has 1 aliphatic rings. The minimum atomic E-state index is -0.0905. The van der Waals surface area contributed by atoms with Crippen LogP contribution in [-0.2, 0) is 4.79 Å². The third-order valence-electron chi connectivity index (χ3n) is 4.67. The zero-order valence-corrected chi connectivity index (χ0v) is 15.4. The van der Waals surface area contributed by atoms with Gasteiger partial charge < -0.3 is 14.8 Å². The summed E-state index contributed by atoms with van der Waals surface area (Å²) in [4.78, 5) is 27.7. The number of likely N-dealkylation sites (N-methyl/N-ethyl adjacent to an activating group) is 1. The number of aromatic amines is 1. The van der Waals surface area contributed by atoms with Gasteiger partial charge in [-0.1, -0.05) is 20.8 Å². The van der Waals surface area contributed by atoms with Crippen LogP contribution < -0.4 is 4.90 Å². The SMILES string of the molecule is CC.CC1CCN(C(=O)CC#N)CC1N(C)c1ncnc2[nH]ccc12. The number of hydrogen-bond donors (Lipinski definition) is 1. The van der Waals surface area contributed by atoms with Crippen molar-refractivity contribution in [1.29, 1.82) is 5.26 Å². The quantitative estimate of drug-likeness (QED) is 0.926. The van der Waals surface area contributed by atoms with Crippen molar-refractivity contribution in [2.45, 2.75) is 39.7 Å². The molecular formula is C18H26N6O. The lowest BCUT2D eigenvalue weighted by atomic mass is 9.92. The van der Waals surface area contributed by atoms with Crippen molar-refractivity contribution >= 4 is 22.8 Å². The summed E-state index contributed by atoms with van der Waals surface area (Å²) in [6, 6.07) is 4.07. The number of nitrogens with zero attached hydrogens (tertiary/aromatic N) is 5. The minimum absolute atomic E-state index is 0.0552. The first-order valence-corrected chi connectivity index (χ1v) is 8.77. The fourth-order valence-corrected chi connectivity index (χ4v) is 3.26. The van der Waals surface area contributed by atoms with Crippen LogP contribution in [0.1, 0.15) is 33.6 Å². The van der Waals surface area contributed by atoms with Crippen LogP contribution in [0.3, 0.4) is 0 Å². The Labute approximate surface area is 148 Å². The number of carbonyl (C=O) groups excluding carboxylic acids is 1. The Kier molecular flexibility index (Phi) is 6.34. The van der Waals surface area contributed by atoms with E-state index in [-0.39, 0.29) is 18.4 Å². The molecule has 7 heteroatoms. The molecule has 134 valence electrons. The Hall–Kier alpha value is -2.62. The molecule has 0 bridgehead atoms. The maximum Gasteiger partial charge on any atom is 0.236 e. The fraction of sp³-hybridized carbons (Fsp3) is 0.556. The van der Waals surface area contributed by atoms with Gasteiger partial charge in [-0.2, -0.15) is 5.26 Å². The molecule has 7 nitrogen and oxygen atoms in total. The van der Waals surface area contributed by atoms with Gasteiger partial charge in [-0.05, 0) is 18.4 Å². The highest BCUT2D eigenvalue weighted by molar-refractivity contribution is 5.87. The monoisotopic (exact) mass is 342 g/mol. The van der Waals surface area contributed by atoms with Crippen molar-refractivity contribution in [3.05, 3.63) is 18.6 Å². The van der Waals surface area contributed by atoms with E-state index in [0.29, 0.717) is 12.5 Å². The molecule has 0 aliphatic carbocycles. The molecule has 1 amide bonds. The van der Waals surface area contributed by atoms with Gasteiger partial charge in [-0.3, -0.25) is 4.79 Å². The van der Waals surface area contributed by atoms with Crippen molar-refractivity contribution in [2.75, 3.05) is 25.0 Å². The minimum Gasteiger partial charge on any atom is -0.354 e. The molecule has 2 aromatic rings. The summed E-state index contributed by atoms with van der Waals surface area (Å²) in [5.41, 5.74) is 0.808. The Morgan fingerprint density at radius 3 is 2.96 bits per heavy atom. The topological polar surface area (TPSA) is 88.9 Å². The van der Waals surface area contributed by atoms with Crippen molar-refractivity contribution < 1.29 is 4.79 Å². The predicted octanol–water partition coefficient (Wildman–Crippen LogP) is 2.57. The van der Waals surface area contributed by atoms with Gasteiger partial charge in [0.05, 0.1) is 17.5 Å². The molecule has 1 aliphatic heterocycles. The van der Waals surface area contributed by atoms with E-state index in [1.165, 1.54) is 0 Å². The van der Waals surface area contributed by atoms with Gasteiger partial charge in [0.15, 0.2) is 0 Å². The number of likely N-dealkylation sites (tertiary alicyclic amines) is 1. The molecule has 0 radical (unpaired) electrons. The van der Waals surface area contributed by atoms with Crippen LogP contribution in [-0.4, -0.2) is 51.9 Å². The van der Waals surface area contributed by atoms with Crippen LogP contribution in [0, 0.1) is 17.2 Å². The van der Waals surface area contributed by atoms with E-state index in [1.807, 2.05) is 39.2 Å². The van der Waals surface area contributed by atoms with Gasteiger partial charge in [0, 0.05) is 26.3 Å². The Balaban J connectivity index is 0.00000109. The second kappa shape index (κ2) is 8.47. The normalized spacial score (nSPS) is 19.7.